The van der Waals surface area contributed by atoms with Crippen molar-refractivity contribution in [2.24, 2.45) is 4.99 Å². The van der Waals surface area contributed by atoms with Gasteiger partial charge < -0.3 is 9.73 Å². The van der Waals surface area contributed by atoms with E-state index in [-0.39, 0.29) is 0 Å². The van der Waals surface area contributed by atoms with Gasteiger partial charge >= 0.3 is 0 Å². The topological polar surface area (TPSA) is 56.9 Å². The number of aliphatic imine (C=N–C) groups is 1. The maximum atomic E-state index is 5.38. The first-order valence-corrected chi connectivity index (χ1v) is 5.12. The van der Waals surface area contributed by atoms with Crippen molar-refractivity contribution >= 4 is 12.2 Å². The van der Waals surface area contributed by atoms with Crippen molar-refractivity contribution < 1.29 is 4.42 Å². The third-order valence-corrected chi connectivity index (χ3v) is 2.66. The molecule has 1 aromatic rings. The number of piperazine rings is 1. The molecule has 0 saturated carbocycles. The Bertz CT molecular complexity index is 368. The highest BCUT2D eigenvalue weighted by molar-refractivity contribution is 5.78. The molecule has 2 aliphatic heterocycles. The summed E-state index contributed by atoms with van der Waals surface area (Å²) in [5.74, 6) is 0.812. The molecule has 80 valence electrons. The SMILES string of the molecule is C1=NCc2ncoc2N1N1CCNCC1. The molecule has 1 fully saturated rings. The van der Waals surface area contributed by atoms with E-state index in [0.29, 0.717) is 6.54 Å². The molecule has 3 rings (SSSR count). The highest BCUT2D eigenvalue weighted by atomic mass is 16.4. The van der Waals surface area contributed by atoms with Crippen molar-refractivity contribution in [3.63, 3.8) is 0 Å². The van der Waals surface area contributed by atoms with Crippen molar-refractivity contribution in [2.75, 3.05) is 31.2 Å². The molecule has 0 spiro atoms. The highest BCUT2D eigenvalue weighted by Gasteiger charge is 2.25. The molecular formula is C9H13N5O. The second-order valence-electron chi connectivity index (χ2n) is 3.61. The van der Waals surface area contributed by atoms with Gasteiger partial charge in [-0.05, 0) is 0 Å². The monoisotopic (exact) mass is 207 g/mol. The summed E-state index contributed by atoms with van der Waals surface area (Å²) in [6.45, 7) is 4.54. The summed E-state index contributed by atoms with van der Waals surface area (Å²) >= 11 is 0. The molecule has 1 saturated heterocycles. The number of aromatic nitrogens is 1. The molecule has 6 nitrogen and oxygen atoms in total. The van der Waals surface area contributed by atoms with Crippen LogP contribution in [0.5, 0.6) is 0 Å². The summed E-state index contributed by atoms with van der Waals surface area (Å²) in [6.07, 6.45) is 3.30. The minimum Gasteiger partial charge on any atom is -0.426 e. The predicted molar refractivity (Wildman–Crippen MR) is 55.6 cm³/mol. The molecule has 1 aromatic heterocycles. The van der Waals surface area contributed by atoms with E-state index in [4.69, 9.17) is 4.42 Å². The first kappa shape index (κ1) is 8.87. The van der Waals surface area contributed by atoms with E-state index in [1.165, 1.54) is 6.39 Å². The number of rotatable bonds is 1. The molecule has 0 radical (unpaired) electrons. The van der Waals surface area contributed by atoms with E-state index in [1.54, 1.807) is 0 Å². The van der Waals surface area contributed by atoms with Crippen molar-refractivity contribution in [2.45, 2.75) is 6.54 Å². The summed E-state index contributed by atoms with van der Waals surface area (Å²) in [5, 5.41) is 7.49. The predicted octanol–water partition coefficient (Wildman–Crippen LogP) is -0.157. The molecule has 3 heterocycles. The number of hydrogen-bond acceptors (Lipinski definition) is 6. The maximum absolute atomic E-state index is 5.38. The molecule has 1 N–H and O–H groups in total. The molecule has 0 unspecified atom stereocenters. The lowest BCUT2D eigenvalue weighted by Crippen LogP contribution is -2.52. The fourth-order valence-electron chi connectivity index (χ4n) is 1.88. The minimum absolute atomic E-state index is 0.619. The Morgan fingerprint density at radius 3 is 3.07 bits per heavy atom. The average molecular weight is 207 g/mol. The van der Waals surface area contributed by atoms with E-state index in [0.717, 1.165) is 37.8 Å². The molecule has 0 amide bonds. The maximum Gasteiger partial charge on any atom is 0.241 e. The van der Waals surface area contributed by atoms with E-state index in [1.807, 2.05) is 11.3 Å². The van der Waals surface area contributed by atoms with Gasteiger partial charge in [0.15, 0.2) is 6.39 Å². The second-order valence-corrected chi connectivity index (χ2v) is 3.61. The van der Waals surface area contributed by atoms with Gasteiger partial charge in [0.25, 0.3) is 0 Å². The fourth-order valence-corrected chi connectivity index (χ4v) is 1.88. The quantitative estimate of drug-likeness (QED) is 0.693. The van der Waals surface area contributed by atoms with Gasteiger partial charge in [0, 0.05) is 26.2 Å². The van der Waals surface area contributed by atoms with Crippen molar-refractivity contribution in [3.8, 4) is 0 Å². The number of anilines is 1. The number of fused-ring (bicyclic) bond motifs is 1. The van der Waals surface area contributed by atoms with Crippen LogP contribution in [0.4, 0.5) is 5.88 Å². The van der Waals surface area contributed by atoms with E-state index in [9.17, 15) is 0 Å². The van der Waals surface area contributed by atoms with Crippen LogP contribution in [-0.2, 0) is 6.54 Å². The molecule has 0 atom stereocenters. The first-order chi connectivity index (χ1) is 7.45. The van der Waals surface area contributed by atoms with Gasteiger partial charge in [-0.15, -0.1) is 0 Å². The lowest BCUT2D eigenvalue weighted by Gasteiger charge is -2.35. The minimum atomic E-state index is 0.619. The Balaban J connectivity index is 1.85. The molecule has 0 bridgehead atoms. The van der Waals surface area contributed by atoms with Crippen LogP contribution in [0.2, 0.25) is 0 Å². The van der Waals surface area contributed by atoms with E-state index in [2.05, 4.69) is 20.3 Å². The van der Waals surface area contributed by atoms with Crippen LogP contribution >= 0.6 is 0 Å². The van der Waals surface area contributed by atoms with E-state index < -0.39 is 0 Å². The number of nitrogens with one attached hydrogen (secondary N) is 1. The van der Waals surface area contributed by atoms with E-state index >= 15 is 0 Å². The van der Waals surface area contributed by atoms with Crippen LogP contribution in [0.3, 0.4) is 0 Å². The zero-order valence-electron chi connectivity index (χ0n) is 8.39. The molecule has 0 aliphatic carbocycles. The number of hydrogen-bond donors (Lipinski definition) is 1. The number of nitrogens with zero attached hydrogens (tertiary/aromatic N) is 4. The average Bonchev–Trinajstić information content (AvgIpc) is 2.78. The van der Waals surface area contributed by atoms with Gasteiger partial charge in [0.1, 0.15) is 12.0 Å². The van der Waals surface area contributed by atoms with Crippen LogP contribution in [0.15, 0.2) is 15.8 Å². The van der Waals surface area contributed by atoms with Crippen LogP contribution in [0.1, 0.15) is 5.69 Å². The standard InChI is InChI=1S/C9H13N5O/c1-3-13(4-2-10-1)14-6-11-5-8-9(14)15-7-12-8/h6-7,10H,1-5H2. The lowest BCUT2D eigenvalue weighted by atomic mass is 10.4. The van der Waals surface area contributed by atoms with Gasteiger partial charge in [-0.3, -0.25) is 4.99 Å². The van der Waals surface area contributed by atoms with Crippen LogP contribution in [0, 0.1) is 0 Å². The van der Waals surface area contributed by atoms with Gasteiger partial charge in [-0.1, -0.05) is 0 Å². The van der Waals surface area contributed by atoms with Gasteiger partial charge in [0.05, 0.1) is 6.54 Å². The smallest absolute Gasteiger partial charge is 0.241 e. The Morgan fingerprint density at radius 2 is 2.20 bits per heavy atom. The summed E-state index contributed by atoms with van der Waals surface area (Å²) in [6, 6.07) is 0. The molecule has 6 heteroatoms. The highest BCUT2D eigenvalue weighted by Crippen LogP contribution is 2.23. The Morgan fingerprint density at radius 1 is 1.33 bits per heavy atom. The first-order valence-electron chi connectivity index (χ1n) is 5.12. The summed E-state index contributed by atoms with van der Waals surface area (Å²) in [5.41, 5.74) is 0.913. The lowest BCUT2D eigenvalue weighted by molar-refractivity contribution is 0.240. The second kappa shape index (κ2) is 3.63. The largest absolute Gasteiger partial charge is 0.426 e. The summed E-state index contributed by atoms with van der Waals surface area (Å²) < 4.78 is 5.38. The van der Waals surface area contributed by atoms with Gasteiger partial charge in [0.2, 0.25) is 5.88 Å². The van der Waals surface area contributed by atoms with Crippen LogP contribution < -0.4 is 10.3 Å². The van der Waals surface area contributed by atoms with Gasteiger partial charge in [-0.25, -0.2) is 15.0 Å². The zero-order chi connectivity index (χ0) is 10.1. The van der Waals surface area contributed by atoms with Crippen molar-refractivity contribution in [3.05, 3.63) is 12.1 Å². The Kier molecular flexibility index (Phi) is 2.15. The third-order valence-electron chi connectivity index (χ3n) is 2.66. The zero-order valence-corrected chi connectivity index (χ0v) is 8.39. The van der Waals surface area contributed by atoms with Crippen molar-refractivity contribution in [1.82, 2.24) is 15.3 Å². The van der Waals surface area contributed by atoms with Crippen LogP contribution in [-0.4, -0.2) is 42.5 Å². The number of oxazole rings is 1. The van der Waals surface area contributed by atoms with Crippen molar-refractivity contribution in [1.29, 1.82) is 0 Å². The molecular weight excluding hydrogens is 194 g/mol. The molecule has 0 aromatic carbocycles. The van der Waals surface area contributed by atoms with Crippen LogP contribution in [0.25, 0.3) is 0 Å². The molecule has 2 aliphatic rings. The summed E-state index contributed by atoms with van der Waals surface area (Å²) in [4.78, 5) is 8.40. The normalized spacial score (nSPS) is 21.7. The summed E-state index contributed by atoms with van der Waals surface area (Å²) in [7, 11) is 0. The third kappa shape index (κ3) is 1.51. The Labute approximate surface area is 87.6 Å². The Hall–Kier alpha value is -1.40. The van der Waals surface area contributed by atoms with Gasteiger partial charge in [-0.2, -0.15) is 0 Å². The fraction of sp³-hybridized carbons (Fsp3) is 0.556. The number of hydrazine groups is 1. The molecule has 15 heavy (non-hydrogen) atoms.